The molecule has 1 amide bonds. The van der Waals surface area contributed by atoms with Crippen LogP contribution in [0.1, 0.15) is 18.1 Å². The molecule has 1 N–H and O–H groups in total. The van der Waals surface area contributed by atoms with Crippen LogP contribution in [0, 0.1) is 13.8 Å². The molecule has 0 saturated carbocycles. The zero-order valence-electron chi connectivity index (χ0n) is 17.1. The van der Waals surface area contributed by atoms with Gasteiger partial charge in [0.25, 0.3) is 5.56 Å². The molecule has 1 atom stereocenters. The average Bonchev–Trinajstić information content (AvgIpc) is 2.70. The Hall–Kier alpha value is -2.64. The quantitative estimate of drug-likeness (QED) is 0.473. The van der Waals surface area contributed by atoms with Crippen LogP contribution in [0.5, 0.6) is 0 Å². The molecule has 0 fully saturated rings. The highest BCUT2D eigenvalue weighted by Gasteiger charge is 2.20. The molecule has 0 aliphatic heterocycles. The zero-order valence-corrected chi connectivity index (χ0v) is 17.9. The number of ether oxygens (including phenoxy) is 1. The van der Waals surface area contributed by atoms with E-state index in [1.807, 2.05) is 57.2 Å². The molecule has 0 aliphatic carbocycles. The Labute approximate surface area is 174 Å². The monoisotopic (exact) mass is 411 g/mol. The third kappa shape index (κ3) is 4.86. The van der Waals surface area contributed by atoms with Crippen LogP contribution in [0.2, 0.25) is 0 Å². The van der Waals surface area contributed by atoms with E-state index < -0.39 is 5.25 Å². The number of fused-ring (bicyclic) bond motifs is 1. The number of aryl methyl sites for hydroxylation is 2. The van der Waals surface area contributed by atoms with E-state index in [0.29, 0.717) is 29.2 Å². The minimum atomic E-state index is -0.433. The molecule has 152 valence electrons. The van der Waals surface area contributed by atoms with Gasteiger partial charge in [-0.15, -0.1) is 0 Å². The van der Waals surface area contributed by atoms with Crippen molar-refractivity contribution in [1.29, 1.82) is 0 Å². The molecular weight excluding hydrogens is 386 g/mol. The standard InChI is InChI=1S/C22H25N3O3S/c1-14-9-10-18(15(2)13-14)23-20(26)16(3)29-22-24-19-8-6-5-7-17(19)21(27)25(22)11-12-28-4/h5-10,13,16H,11-12H2,1-4H3,(H,23,26)/t16-/m0/s1. The topological polar surface area (TPSA) is 73.2 Å². The number of thioether (sulfide) groups is 1. The fourth-order valence-corrected chi connectivity index (χ4v) is 3.95. The van der Waals surface area contributed by atoms with Crippen LogP contribution in [-0.2, 0) is 16.1 Å². The molecule has 29 heavy (non-hydrogen) atoms. The SMILES string of the molecule is COCCn1c(S[C@@H](C)C(=O)Nc2ccc(C)cc2C)nc2ccccc2c1=O. The molecule has 0 spiro atoms. The lowest BCUT2D eigenvalue weighted by Crippen LogP contribution is -2.28. The van der Waals surface area contributed by atoms with Crippen LogP contribution in [0.4, 0.5) is 5.69 Å². The Morgan fingerprint density at radius 1 is 1.24 bits per heavy atom. The van der Waals surface area contributed by atoms with Crippen LogP contribution in [0.3, 0.4) is 0 Å². The molecule has 0 radical (unpaired) electrons. The molecule has 7 heteroatoms. The van der Waals surface area contributed by atoms with Gasteiger partial charge >= 0.3 is 0 Å². The number of amides is 1. The highest BCUT2D eigenvalue weighted by Crippen LogP contribution is 2.24. The van der Waals surface area contributed by atoms with Crippen LogP contribution >= 0.6 is 11.8 Å². The number of aromatic nitrogens is 2. The predicted octanol–water partition coefficient (Wildman–Crippen LogP) is 3.78. The zero-order chi connectivity index (χ0) is 21.0. The molecule has 0 bridgehead atoms. The van der Waals surface area contributed by atoms with Crippen molar-refractivity contribution in [2.24, 2.45) is 0 Å². The lowest BCUT2D eigenvalue weighted by molar-refractivity contribution is -0.115. The van der Waals surface area contributed by atoms with Crippen molar-refractivity contribution >= 4 is 34.3 Å². The summed E-state index contributed by atoms with van der Waals surface area (Å²) in [4.78, 5) is 30.3. The summed E-state index contributed by atoms with van der Waals surface area (Å²) in [5.74, 6) is -0.136. The van der Waals surface area contributed by atoms with E-state index >= 15 is 0 Å². The minimum Gasteiger partial charge on any atom is -0.383 e. The number of carbonyl (C=O) groups is 1. The normalized spacial score (nSPS) is 12.1. The lowest BCUT2D eigenvalue weighted by atomic mass is 10.1. The lowest BCUT2D eigenvalue weighted by Gasteiger charge is -2.17. The number of hydrogen-bond donors (Lipinski definition) is 1. The van der Waals surface area contributed by atoms with Crippen molar-refractivity contribution in [3.05, 3.63) is 63.9 Å². The molecular formula is C22H25N3O3S. The van der Waals surface area contributed by atoms with Crippen LogP contribution in [0.15, 0.2) is 52.4 Å². The molecule has 1 heterocycles. The van der Waals surface area contributed by atoms with Gasteiger partial charge in [0.1, 0.15) is 0 Å². The number of methoxy groups -OCH3 is 1. The van der Waals surface area contributed by atoms with Gasteiger partial charge in [-0.25, -0.2) is 4.98 Å². The fraction of sp³-hybridized carbons (Fsp3) is 0.318. The molecule has 1 aromatic heterocycles. The van der Waals surface area contributed by atoms with E-state index in [9.17, 15) is 9.59 Å². The maximum Gasteiger partial charge on any atom is 0.262 e. The van der Waals surface area contributed by atoms with Crippen molar-refractivity contribution in [3.63, 3.8) is 0 Å². The first kappa shape index (κ1) is 21.1. The van der Waals surface area contributed by atoms with Crippen LogP contribution in [0.25, 0.3) is 10.9 Å². The summed E-state index contributed by atoms with van der Waals surface area (Å²) in [5, 5.41) is 3.60. The van der Waals surface area contributed by atoms with E-state index in [2.05, 4.69) is 10.3 Å². The number of nitrogens with one attached hydrogen (secondary N) is 1. The number of anilines is 1. The maximum absolute atomic E-state index is 12.9. The van der Waals surface area contributed by atoms with Crippen molar-refractivity contribution < 1.29 is 9.53 Å². The van der Waals surface area contributed by atoms with Gasteiger partial charge in [0.15, 0.2) is 5.16 Å². The molecule has 6 nitrogen and oxygen atoms in total. The first-order valence-corrected chi connectivity index (χ1v) is 10.3. The summed E-state index contributed by atoms with van der Waals surface area (Å²) < 4.78 is 6.73. The van der Waals surface area contributed by atoms with Gasteiger partial charge in [-0.05, 0) is 44.5 Å². The van der Waals surface area contributed by atoms with Gasteiger partial charge in [0.05, 0.1) is 29.3 Å². The average molecular weight is 412 g/mol. The Morgan fingerprint density at radius 3 is 2.72 bits per heavy atom. The van der Waals surface area contributed by atoms with Gasteiger partial charge in [0.2, 0.25) is 5.91 Å². The summed E-state index contributed by atoms with van der Waals surface area (Å²) in [6.07, 6.45) is 0. The third-order valence-corrected chi connectivity index (χ3v) is 5.73. The Balaban J connectivity index is 1.87. The molecule has 3 aromatic rings. The van der Waals surface area contributed by atoms with Gasteiger partial charge in [0, 0.05) is 12.8 Å². The number of carbonyl (C=O) groups excluding carboxylic acids is 1. The van der Waals surface area contributed by atoms with E-state index in [1.54, 1.807) is 17.7 Å². The van der Waals surface area contributed by atoms with E-state index in [4.69, 9.17) is 4.74 Å². The second kappa shape index (κ2) is 9.24. The summed E-state index contributed by atoms with van der Waals surface area (Å²) in [5.41, 5.74) is 3.44. The van der Waals surface area contributed by atoms with Crippen LogP contribution in [-0.4, -0.2) is 34.4 Å². The van der Waals surface area contributed by atoms with Gasteiger partial charge < -0.3 is 10.1 Å². The summed E-state index contributed by atoms with van der Waals surface area (Å²) in [6.45, 7) is 6.55. The van der Waals surface area contributed by atoms with Crippen molar-refractivity contribution in [3.8, 4) is 0 Å². The highest BCUT2D eigenvalue weighted by atomic mass is 32.2. The number of rotatable bonds is 7. The highest BCUT2D eigenvalue weighted by molar-refractivity contribution is 8.00. The number of hydrogen-bond acceptors (Lipinski definition) is 5. The number of nitrogens with zero attached hydrogens (tertiary/aromatic N) is 2. The Bertz CT molecular complexity index is 1090. The minimum absolute atomic E-state index is 0.128. The van der Waals surface area contributed by atoms with Gasteiger partial charge in [-0.3, -0.25) is 14.2 Å². The number of benzene rings is 2. The maximum atomic E-state index is 12.9. The summed E-state index contributed by atoms with van der Waals surface area (Å²) in [6, 6.07) is 13.1. The Kier molecular flexibility index (Phi) is 6.71. The van der Waals surface area contributed by atoms with Crippen molar-refractivity contribution in [2.45, 2.75) is 37.7 Å². The first-order valence-electron chi connectivity index (χ1n) is 9.44. The van der Waals surface area contributed by atoms with E-state index in [-0.39, 0.29) is 11.5 Å². The van der Waals surface area contributed by atoms with Gasteiger partial charge in [-0.2, -0.15) is 0 Å². The van der Waals surface area contributed by atoms with Crippen LogP contribution < -0.4 is 10.9 Å². The van der Waals surface area contributed by atoms with Crippen molar-refractivity contribution in [1.82, 2.24) is 9.55 Å². The predicted molar refractivity (Wildman–Crippen MR) is 118 cm³/mol. The summed E-state index contributed by atoms with van der Waals surface area (Å²) in [7, 11) is 1.59. The largest absolute Gasteiger partial charge is 0.383 e. The van der Waals surface area contributed by atoms with Crippen molar-refractivity contribution in [2.75, 3.05) is 19.0 Å². The smallest absolute Gasteiger partial charge is 0.262 e. The third-order valence-electron chi connectivity index (χ3n) is 4.64. The molecule has 2 aromatic carbocycles. The molecule has 3 rings (SSSR count). The second-order valence-corrected chi connectivity index (χ2v) is 8.24. The Morgan fingerprint density at radius 2 is 2.00 bits per heavy atom. The molecule has 0 saturated heterocycles. The fourth-order valence-electron chi connectivity index (χ4n) is 3.02. The number of para-hydroxylation sites is 1. The molecule has 0 unspecified atom stereocenters. The molecule has 0 aliphatic rings. The van der Waals surface area contributed by atoms with E-state index in [1.165, 1.54) is 11.8 Å². The van der Waals surface area contributed by atoms with Gasteiger partial charge in [-0.1, -0.05) is 41.6 Å². The van der Waals surface area contributed by atoms with E-state index in [0.717, 1.165) is 16.8 Å². The summed E-state index contributed by atoms with van der Waals surface area (Å²) >= 11 is 1.27. The first-order chi connectivity index (χ1) is 13.9. The second-order valence-electron chi connectivity index (χ2n) is 6.93.